The molecule has 0 aliphatic heterocycles. The normalized spacial score (nSPS) is 10.6. The van der Waals surface area contributed by atoms with Crippen molar-refractivity contribution in [2.75, 3.05) is 31.0 Å². The number of carbonyl (C=O) groups is 2. The average molecular weight is 475 g/mol. The van der Waals surface area contributed by atoms with Crippen LogP contribution in [0.2, 0.25) is 0 Å². The minimum atomic E-state index is -0.349. The summed E-state index contributed by atoms with van der Waals surface area (Å²) in [6.45, 7) is 6.41. The number of hydrogen-bond acceptors (Lipinski definition) is 5. The van der Waals surface area contributed by atoms with Gasteiger partial charge in [-0.05, 0) is 51.1 Å². The van der Waals surface area contributed by atoms with E-state index in [1.807, 2.05) is 45.0 Å². The minimum absolute atomic E-state index is 0.277. The molecule has 0 radical (unpaired) electrons. The first-order valence-electron chi connectivity index (χ1n) is 11.4. The van der Waals surface area contributed by atoms with Crippen molar-refractivity contribution in [1.82, 2.24) is 0 Å². The summed E-state index contributed by atoms with van der Waals surface area (Å²) in [4.78, 5) is 25.4. The molecule has 7 heteroatoms. The van der Waals surface area contributed by atoms with Crippen LogP contribution in [0.15, 0.2) is 66.7 Å². The summed E-state index contributed by atoms with van der Waals surface area (Å²) >= 11 is 0. The lowest BCUT2D eigenvalue weighted by Crippen LogP contribution is -2.14. The molecule has 0 unspecified atom stereocenters. The Kier molecular flexibility index (Phi) is 8.89. The first-order valence-corrected chi connectivity index (χ1v) is 11.4. The molecule has 2 N–H and O–H groups in total. The molecule has 0 bridgehead atoms. The number of anilines is 2. The van der Waals surface area contributed by atoms with Crippen molar-refractivity contribution in [2.24, 2.45) is 0 Å². The zero-order valence-electron chi connectivity index (χ0n) is 20.4. The lowest BCUT2D eigenvalue weighted by Gasteiger charge is -2.17. The Balaban J connectivity index is 1.87. The van der Waals surface area contributed by atoms with Gasteiger partial charge < -0.3 is 24.8 Å². The molecular weight excluding hydrogens is 444 g/mol. The van der Waals surface area contributed by atoms with Crippen molar-refractivity contribution in [3.8, 4) is 17.2 Å². The standard InChI is InChI=1S/C28H30N2O5/c1-5-34-25-18-23(30-28(32)20-10-8-7-9-11-20)26(35-6-2)17-22(25)29-27(31)15-13-21-16-19(3)12-14-24(21)33-4/h7-18H,5-6H2,1-4H3,(H,29,31)(H,30,32)/b15-13+. The third-order valence-corrected chi connectivity index (χ3v) is 5.02. The molecule has 182 valence electrons. The van der Waals surface area contributed by atoms with Crippen LogP contribution < -0.4 is 24.8 Å². The van der Waals surface area contributed by atoms with Crippen LogP contribution in [0.4, 0.5) is 11.4 Å². The van der Waals surface area contributed by atoms with Gasteiger partial charge in [-0.1, -0.05) is 29.8 Å². The van der Waals surface area contributed by atoms with Crippen LogP contribution in [0.1, 0.15) is 35.3 Å². The molecule has 0 aliphatic rings. The lowest BCUT2D eigenvalue weighted by molar-refractivity contribution is -0.111. The number of amides is 2. The lowest BCUT2D eigenvalue weighted by atomic mass is 10.1. The molecule has 2 amide bonds. The highest BCUT2D eigenvalue weighted by Gasteiger charge is 2.16. The van der Waals surface area contributed by atoms with Crippen molar-refractivity contribution in [2.45, 2.75) is 20.8 Å². The third kappa shape index (κ3) is 6.86. The van der Waals surface area contributed by atoms with Crippen LogP contribution in [0, 0.1) is 6.92 Å². The van der Waals surface area contributed by atoms with E-state index in [4.69, 9.17) is 14.2 Å². The Morgan fingerprint density at radius 1 is 0.829 bits per heavy atom. The Morgan fingerprint density at radius 3 is 2.06 bits per heavy atom. The number of ether oxygens (including phenoxy) is 3. The molecule has 0 aliphatic carbocycles. The molecule has 0 aromatic heterocycles. The van der Waals surface area contributed by atoms with Gasteiger partial charge in [0.1, 0.15) is 17.2 Å². The van der Waals surface area contributed by atoms with Crippen molar-refractivity contribution >= 4 is 29.3 Å². The summed E-state index contributed by atoms with van der Waals surface area (Å²) in [7, 11) is 1.59. The fraction of sp³-hybridized carbons (Fsp3) is 0.214. The van der Waals surface area contributed by atoms with Crippen LogP contribution in [-0.4, -0.2) is 32.1 Å². The van der Waals surface area contributed by atoms with Gasteiger partial charge in [0, 0.05) is 29.3 Å². The second-order valence-electron chi connectivity index (χ2n) is 7.60. The fourth-order valence-corrected chi connectivity index (χ4v) is 3.41. The van der Waals surface area contributed by atoms with Crippen LogP contribution in [0.25, 0.3) is 6.08 Å². The van der Waals surface area contributed by atoms with Gasteiger partial charge in [0.15, 0.2) is 0 Å². The molecule has 3 rings (SSSR count). The third-order valence-electron chi connectivity index (χ3n) is 5.02. The van der Waals surface area contributed by atoms with Gasteiger partial charge in [-0.15, -0.1) is 0 Å². The summed E-state index contributed by atoms with van der Waals surface area (Å²) < 4.78 is 16.9. The molecular formula is C28H30N2O5. The van der Waals surface area contributed by atoms with Gasteiger partial charge in [-0.2, -0.15) is 0 Å². The van der Waals surface area contributed by atoms with Gasteiger partial charge >= 0.3 is 0 Å². The number of aryl methyl sites for hydroxylation is 1. The van der Waals surface area contributed by atoms with E-state index in [9.17, 15) is 9.59 Å². The van der Waals surface area contributed by atoms with E-state index in [-0.39, 0.29) is 11.8 Å². The van der Waals surface area contributed by atoms with Crippen LogP contribution >= 0.6 is 0 Å². The maximum Gasteiger partial charge on any atom is 0.255 e. The van der Waals surface area contributed by atoms with Gasteiger partial charge in [0.25, 0.3) is 5.91 Å². The number of rotatable bonds is 10. The summed E-state index contributed by atoms with van der Waals surface area (Å²) in [5.41, 5.74) is 3.24. The largest absolute Gasteiger partial charge is 0.496 e. The molecule has 35 heavy (non-hydrogen) atoms. The predicted octanol–water partition coefficient (Wildman–Crippen LogP) is 5.71. The summed E-state index contributed by atoms with van der Waals surface area (Å²) in [6.07, 6.45) is 3.12. The number of nitrogens with one attached hydrogen (secondary N) is 2. The molecule has 0 fully saturated rings. The fourth-order valence-electron chi connectivity index (χ4n) is 3.41. The maximum atomic E-state index is 12.7. The molecule has 0 atom stereocenters. The average Bonchev–Trinajstić information content (AvgIpc) is 2.86. The first-order chi connectivity index (χ1) is 16.9. The van der Waals surface area contributed by atoms with E-state index in [0.717, 1.165) is 11.1 Å². The Morgan fingerprint density at radius 2 is 1.46 bits per heavy atom. The molecule has 0 spiro atoms. The van der Waals surface area contributed by atoms with Crippen molar-refractivity contribution < 1.29 is 23.8 Å². The highest BCUT2D eigenvalue weighted by Crippen LogP contribution is 2.37. The number of hydrogen-bond donors (Lipinski definition) is 2. The first kappa shape index (κ1) is 25.4. The van der Waals surface area contributed by atoms with E-state index >= 15 is 0 Å². The number of carbonyl (C=O) groups excluding carboxylic acids is 2. The Hall–Kier alpha value is -4.26. The number of methoxy groups -OCH3 is 1. The molecule has 3 aromatic rings. The predicted molar refractivity (Wildman–Crippen MR) is 139 cm³/mol. The van der Waals surface area contributed by atoms with Crippen molar-refractivity contribution in [3.05, 3.63) is 83.4 Å². The summed E-state index contributed by atoms with van der Waals surface area (Å²) in [6, 6.07) is 17.9. The van der Waals surface area contributed by atoms with Gasteiger partial charge in [0.2, 0.25) is 5.91 Å². The van der Waals surface area contributed by atoms with Gasteiger partial charge in [0.05, 0.1) is 31.7 Å². The van der Waals surface area contributed by atoms with Crippen LogP contribution in [0.5, 0.6) is 17.2 Å². The highest BCUT2D eigenvalue weighted by atomic mass is 16.5. The monoisotopic (exact) mass is 474 g/mol. The quantitative estimate of drug-likeness (QED) is 0.368. The second kappa shape index (κ2) is 12.3. The summed E-state index contributed by atoms with van der Waals surface area (Å²) in [5, 5.41) is 5.72. The van der Waals surface area contributed by atoms with Gasteiger partial charge in [-0.25, -0.2) is 0 Å². The molecule has 0 heterocycles. The SMILES string of the molecule is CCOc1cc(NC(=O)c2ccccc2)c(OCC)cc1NC(=O)/C=C/c1cc(C)ccc1OC. The van der Waals surface area contributed by atoms with Crippen molar-refractivity contribution in [1.29, 1.82) is 0 Å². The number of benzene rings is 3. The highest BCUT2D eigenvalue weighted by molar-refractivity contribution is 6.06. The van der Waals surface area contributed by atoms with E-state index in [1.54, 1.807) is 49.6 Å². The van der Waals surface area contributed by atoms with E-state index < -0.39 is 0 Å². The molecule has 0 saturated heterocycles. The molecule has 0 saturated carbocycles. The second-order valence-corrected chi connectivity index (χ2v) is 7.60. The van der Waals surface area contributed by atoms with Crippen LogP contribution in [0.3, 0.4) is 0 Å². The zero-order chi connectivity index (χ0) is 25.2. The Bertz CT molecular complexity index is 1210. The topological polar surface area (TPSA) is 85.9 Å². The summed E-state index contributed by atoms with van der Waals surface area (Å²) in [5.74, 6) is 0.875. The molecule has 3 aromatic carbocycles. The minimum Gasteiger partial charge on any atom is -0.496 e. The van der Waals surface area contributed by atoms with Crippen LogP contribution in [-0.2, 0) is 4.79 Å². The zero-order valence-corrected chi connectivity index (χ0v) is 20.4. The Labute approximate surface area is 205 Å². The maximum absolute atomic E-state index is 12.7. The van der Waals surface area contributed by atoms with E-state index in [0.29, 0.717) is 47.4 Å². The van der Waals surface area contributed by atoms with Crippen molar-refractivity contribution in [3.63, 3.8) is 0 Å². The smallest absolute Gasteiger partial charge is 0.255 e. The van der Waals surface area contributed by atoms with Gasteiger partial charge in [-0.3, -0.25) is 9.59 Å². The molecule has 7 nitrogen and oxygen atoms in total. The van der Waals surface area contributed by atoms with E-state index in [1.165, 1.54) is 6.08 Å². The van der Waals surface area contributed by atoms with E-state index in [2.05, 4.69) is 10.6 Å².